The normalized spacial score (nSPS) is 20.4. The molecule has 0 aromatic heterocycles. The third-order valence-corrected chi connectivity index (χ3v) is 3.29. The van der Waals surface area contributed by atoms with Gasteiger partial charge in [-0.1, -0.05) is 23.2 Å². The van der Waals surface area contributed by atoms with Crippen molar-refractivity contribution in [1.29, 1.82) is 0 Å². The minimum absolute atomic E-state index is 0.0513. The highest BCUT2D eigenvalue weighted by molar-refractivity contribution is 6.35. The predicted molar refractivity (Wildman–Crippen MR) is 69.6 cm³/mol. The van der Waals surface area contributed by atoms with Gasteiger partial charge in [0.15, 0.2) is 0 Å². The second-order valence-corrected chi connectivity index (χ2v) is 5.18. The Morgan fingerprint density at radius 2 is 1.94 bits per heavy atom. The number of benzene rings is 1. The van der Waals surface area contributed by atoms with Gasteiger partial charge in [0.2, 0.25) is 0 Å². The van der Waals surface area contributed by atoms with Crippen molar-refractivity contribution < 1.29 is 4.79 Å². The summed E-state index contributed by atoms with van der Waals surface area (Å²) >= 11 is 11.8. The smallest absolute Gasteiger partial charge is 0.254 e. The molecule has 2 N–H and O–H groups in total. The zero-order valence-corrected chi connectivity index (χ0v) is 10.8. The van der Waals surface area contributed by atoms with E-state index in [2.05, 4.69) is 0 Å². The maximum Gasteiger partial charge on any atom is 0.254 e. The quantitative estimate of drug-likeness (QED) is 0.854. The van der Waals surface area contributed by atoms with Crippen LogP contribution in [0.3, 0.4) is 0 Å². The number of nitrogens with two attached hydrogens (primary N) is 1. The van der Waals surface area contributed by atoms with Crippen LogP contribution in [-0.2, 0) is 0 Å². The molecule has 17 heavy (non-hydrogen) atoms. The van der Waals surface area contributed by atoms with Gasteiger partial charge >= 0.3 is 0 Å². The molecule has 2 rings (SSSR count). The molecule has 5 heteroatoms. The molecule has 1 heterocycles. The van der Waals surface area contributed by atoms with Crippen molar-refractivity contribution in [3.63, 3.8) is 0 Å². The fourth-order valence-corrected chi connectivity index (χ4v) is 2.58. The highest BCUT2D eigenvalue weighted by Gasteiger charge is 2.22. The summed E-state index contributed by atoms with van der Waals surface area (Å²) in [5.41, 5.74) is 6.38. The molecule has 92 valence electrons. The van der Waals surface area contributed by atoms with Crippen LogP contribution in [0.4, 0.5) is 0 Å². The molecule has 0 saturated carbocycles. The Morgan fingerprint density at radius 1 is 1.29 bits per heavy atom. The second-order valence-electron chi connectivity index (χ2n) is 4.31. The van der Waals surface area contributed by atoms with Gasteiger partial charge in [-0.05, 0) is 31.0 Å². The van der Waals surface area contributed by atoms with Crippen LogP contribution in [-0.4, -0.2) is 29.9 Å². The van der Waals surface area contributed by atoms with Gasteiger partial charge in [-0.2, -0.15) is 0 Å². The molecule has 1 aromatic carbocycles. The molecule has 0 unspecified atom stereocenters. The Labute approximate surface area is 110 Å². The maximum atomic E-state index is 12.2. The molecule has 0 aliphatic carbocycles. The number of rotatable bonds is 1. The highest BCUT2D eigenvalue weighted by Crippen LogP contribution is 2.21. The first kappa shape index (κ1) is 12.7. The summed E-state index contributed by atoms with van der Waals surface area (Å²) in [5, 5.41) is 0.948. The summed E-state index contributed by atoms with van der Waals surface area (Å²) in [6, 6.07) is 4.95. The fourth-order valence-electron chi connectivity index (χ4n) is 2.05. The van der Waals surface area contributed by atoms with E-state index in [0.29, 0.717) is 22.2 Å². The first-order chi connectivity index (χ1) is 8.06. The van der Waals surface area contributed by atoms with E-state index in [9.17, 15) is 4.79 Å². The van der Waals surface area contributed by atoms with Gasteiger partial charge in [0.25, 0.3) is 5.91 Å². The van der Waals surface area contributed by atoms with Crippen molar-refractivity contribution in [2.75, 3.05) is 13.1 Å². The molecule has 1 saturated heterocycles. The summed E-state index contributed by atoms with van der Waals surface area (Å²) in [6.07, 6.45) is 1.92. The lowest BCUT2D eigenvalue weighted by Crippen LogP contribution is -2.45. The van der Waals surface area contributed by atoms with Gasteiger partial charge in [-0.15, -0.1) is 0 Å². The maximum absolute atomic E-state index is 12.2. The lowest BCUT2D eigenvalue weighted by molar-refractivity contribution is 0.0709. The van der Waals surface area contributed by atoms with Crippen LogP contribution in [0, 0.1) is 0 Å². The molecule has 1 aromatic rings. The van der Waals surface area contributed by atoms with E-state index in [4.69, 9.17) is 28.9 Å². The van der Waals surface area contributed by atoms with E-state index in [1.165, 1.54) is 0 Å². The minimum atomic E-state index is -0.0513. The van der Waals surface area contributed by atoms with Crippen molar-refractivity contribution in [3.05, 3.63) is 33.8 Å². The van der Waals surface area contributed by atoms with E-state index in [-0.39, 0.29) is 11.9 Å². The Balaban J connectivity index is 2.18. The lowest BCUT2D eigenvalue weighted by Gasteiger charge is -2.30. The summed E-state index contributed by atoms with van der Waals surface area (Å²) in [6.45, 7) is 1.35. The van der Waals surface area contributed by atoms with Gasteiger partial charge < -0.3 is 10.6 Å². The third-order valence-electron chi connectivity index (χ3n) is 2.85. The van der Waals surface area contributed by atoms with Crippen LogP contribution in [0.5, 0.6) is 0 Å². The number of carbonyl (C=O) groups is 1. The number of amides is 1. The minimum Gasteiger partial charge on any atom is -0.337 e. The lowest BCUT2D eigenvalue weighted by atomic mass is 10.1. The van der Waals surface area contributed by atoms with Crippen molar-refractivity contribution in [3.8, 4) is 0 Å². The largest absolute Gasteiger partial charge is 0.337 e. The van der Waals surface area contributed by atoms with Gasteiger partial charge in [0.1, 0.15) is 0 Å². The molecular formula is C12H14Cl2N2O. The Kier molecular flexibility index (Phi) is 3.92. The first-order valence-electron chi connectivity index (χ1n) is 5.57. The van der Waals surface area contributed by atoms with E-state index >= 15 is 0 Å². The third kappa shape index (κ3) is 3.12. The molecule has 0 spiro atoms. The number of piperidine rings is 1. The van der Waals surface area contributed by atoms with E-state index in [0.717, 1.165) is 19.4 Å². The number of nitrogens with zero attached hydrogens (tertiary/aromatic N) is 1. The Morgan fingerprint density at radius 3 is 2.53 bits per heavy atom. The zero-order chi connectivity index (χ0) is 12.4. The summed E-state index contributed by atoms with van der Waals surface area (Å²) < 4.78 is 0. The number of likely N-dealkylation sites (tertiary alicyclic amines) is 1. The zero-order valence-electron chi connectivity index (χ0n) is 9.33. The average molecular weight is 273 g/mol. The average Bonchev–Trinajstić information content (AvgIpc) is 2.26. The van der Waals surface area contributed by atoms with Crippen molar-refractivity contribution >= 4 is 29.1 Å². The highest BCUT2D eigenvalue weighted by atomic mass is 35.5. The molecular weight excluding hydrogens is 259 g/mol. The van der Waals surface area contributed by atoms with Crippen LogP contribution >= 0.6 is 23.2 Å². The predicted octanol–water partition coefficient (Wildman–Crippen LogP) is 2.56. The van der Waals surface area contributed by atoms with Gasteiger partial charge in [-0.25, -0.2) is 0 Å². The molecule has 0 bridgehead atoms. The SMILES string of the molecule is N[C@@H]1CCCN(C(=O)c2cc(Cl)cc(Cl)c2)C1. The molecule has 1 aliphatic rings. The number of hydrogen-bond acceptors (Lipinski definition) is 2. The Hall–Kier alpha value is -0.770. The monoisotopic (exact) mass is 272 g/mol. The van der Waals surface area contributed by atoms with Gasteiger partial charge in [0.05, 0.1) is 0 Å². The first-order valence-corrected chi connectivity index (χ1v) is 6.33. The van der Waals surface area contributed by atoms with Gasteiger partial charge in [-0.3, -0.25) is 4.79 Å². The number of hydrogen-bond donors (Lipinski definition) is 1. The number of halogens is 2. The van der Waals surface area contributed by atoms with E-state index in [1.807, 2.05) is 0 Å². The summed E-state index contributed by atoms with van der Waals surface area (Å²) in [5.74, 6) is -0.0513. The van der Waals surface area contributed by atoms with E-state index < -0.39 is 0 Å². The molecule has 1 amide bonds. The molecule has 1 fully saturated rings. The standard InChI is InChI=1S/C12H14Cl2N2O/c13-9-4-8(5-10(14)6-9)12(17)16-3-1-2-11(15)7-16/h4-6,11H,1-3,7,15H2/t11-/m1/s1. The molecule has 1 aliphatic heterocycles. The second kappa shape index (κ2) is 5.25. The number of carbonyl (C=O) groups excluding carboxylic acids is 1. The fraction of sp³-hybridized carbons (Fsp3) is 0.417. The molecule has 1 atom stereocenters. The van der Waals surface area contributed by atoms with Crippen LogP contribution in [0.1, 0.15) is 23.2 Å². The van der Waals surface area contributed by atoms with Crippen molar-refractivity contribution in [2.24, 2.45) is 5.73 Å². The molecule has 3 nitrogen and oxygen atoms in total. The van der Waals surface area contributed by atoms with Crippen molar-refractivity contribution in [1.82, 2.24) is 4.90 Å². The Bertz CT molecular complexity index is 416. The van der Waals surface area contributed by atoms with Crippen LogP contribution in [0.2, 0.25) is 10.0 Å². The van der Waals surface area contributed by atoms with Gasteiger partial charge in [0, 0.05) is 34.7 Å². The molecule has 0 radical (unpaired) electrons. The topological polar surface area (TPSA) is 46.3 Å². The van der Waals surface area contributed by atoms with Crippen molar-refractivity contribution in [2.45, 2.75) is 18.9 Å². The van der Waals surface area contributed by atoms with Crippen LogP contribution in [0.15, 0.2) is 18.2 Å². The summed E-state index contributed by atoms with van der Waals surface area (Å²) in [4.78, 5) is 14.0. The van der Waals surface area contributed by atoms with Crippen LogP contribution in [0.25, 0.3) is 0 Å². The van der Waals surface area contributed by atoms with Crippen LogP contribution < -0.4 is 5.73 Å². The summed E-state index contributed by atoms with van der Waals surface area (Å²) in [7, 11) is 0. The van der Waals surface area contributed by atoms with E-state index in [1.54, 1.807) is 23.1 Å².